The maximum atomic E-state index is 9.44. The van der Waals surface area contributed by atoms with Crippen molar-refractivity contribution in [2.75, 3.05) is 13.1 Å². The van der Waals surface area contributed by atoms with Crippen LogP contribution in [-0.2, 0) is 0 Å². The molecule has 0 aromatic carbocycles. The van der Waals surface area contributed by atoms with Crippen molar-refractivity contribution in [1.82, 2.24) is 4.90 Å². The topological polar surface area (TPSA) is 23.5 Å². The summed E-state index contributed by atoms with van der Waals surface area (Å²) < 4.78 is 0. The fraction of sp³-hybridized carbons (Fsp3) is 1.00. The van der Waals surface area contributed by atoms with Gasteiger partial charge in [-0.3, -0.25) is 4.90 Å². The number of likely N-dealkylation sites (N-methyl/N-ethyl adjacent to an activating group) is 1. The van der Waals surface area contributed by atoms with Gasteiger partial charge in [0.1, 0.15) is 0 Å². The molecular formula is C8H17NO. The van der Waals surface area contributed by atoms with E-state index in [4.69, 9.17) is 0 Å². The summed E-state index contributed by atoms with van der Waals surface area (Å²) in [4.78, 5) is 2.33. The lowest BCUT2D eigenvalue weighted by Crippen LogP contribution is -2.45. The first kappa shape index (κ1) is 8.02. The second-order valence-electron chi connectivity index (χ2n) is 3.08. The van der Waals surface area contributed by atoms with Crippen molar-refractivity contribution < 1.29 is 5.11 Å². The average molecular weight is 143 g/mol. The van der Waals surface area contributed by atoms with Gasteiger partial charge in [-0.1, -0.05) is 6.92 Å². The SMILES string of the molecule is CCN1CCCC(O)C1C. The molecule has 0 aliphatic carbocycles. The molecule has 0 saturated carbocycles. The molecule has 1 aliphatic rings. The van der Waals surface area contributed by atoms with E-state index >= 15 is 0 Å². The summed E-state index contributed by atoms with van der Waals surface area (Å²) in [6.07, 6.45) is 2.05. The molecule has 1 heterocycles. The molecule has 0 aromatic rings. The molecule has 60 valence electrons. The van der Waals surface area contributed by atoms with Crippen LogP contribution in [-0.4, -0.2) is 35.2 Å². The van der Waals surface area contributed by atoms with Crippen LogP contribution in [0.5, 0.6) is 0 Å². The van der Waals surface area contributed by atoms with Crippen LogP contribution in [0.1, 0.15) is 26.7 Å². The largest absolute Gasteiger partial charge is 0.392 e. The zero-order chi connectivity index (χ0) is 7.56. The van der Waals surface area contributed by atoms with E-state index in [0.29, 0.717) is 6.04 Å². The Kier molecular flexibility index (Phi) is 2.69. The Morgan fingerprint density at radius 2 is 2.30 bits per heavy atom. The molecule has 1 saturated heterocycles. The number of aliphatic hydroxyl groups is 1. The third-order valence-corrected chi connectivity index (χ3v) is 2.48. The van der Waals surface area contributed by atoms with Gasteiger partial charge in [-0.2, -0.15) is 0 Å². The second kappa shape index (κ2) is 3.35. The predicted octanol–water partition coefficient (Wildman–Crippen LogP) is 0.851. The molecule has 0 amide bonds. The first-order valence-electron chi connectivity index (χ1n) is 4.17. The molecule has 10 heavy (non-hydrogen) atoms. The molecule has 2 nitrogen and oxygen atoms in total. The molecule has 2 heteroatoms. The van der Waals surface area contributed by atoms with E-state index in [2.05, 4.69) is 18.7 Å². The predicted molar refractivity (Wildman–Crippen MR) is 41.9 cm³/mol. The Bertz CT molecular complexity index is 105. The molecule has 2 unspecified atom stereocenters. The molecular weight excluding hydrogens is 126 g/mol. The standard InChI is InChI=1S/C8H17NO/c1-3-9-6-4-5-8(10)7(9)2/h7-8,10H,3-6H2,1-2H3. The first-order valence-corrected chi connectivity index (χ1v) is 4.17. The minimum atomic E-state index is -0.0892. The zero-order valence-electron chi connectivity index (χ0n) is 6.88. The highest BCUT2D eigenvalue weighted by atomic mass is 16.3. The average Bonchev–Trinajstić information content (AvgIpc) is 1.95. The van der Waals surface area contributed by atoms with Gasteiger partial charge in [0.25, 0.3) is 0 Å². The van der Waals surface area contributed by atoms with Crippen LogP contribution in [0.15, 0.2) is 0 Å². The highest BCUT2D eigenvalue weighted by molar-refractivity contribution is 4.79. The van der Waals surface area contributed by atoms with Crippen molar-refractivity contribution in [2.24, 2.45) is 0 Å². The summed E-state index contributed by atoms with van der Waals surface area (Å²) in [5, 5.41) is 9.44. The van der Waals surface area contributed by atoms with Gasteiger partial charge in [0.15, 0.2) is 0 Å². The summed E-state index contributed by atoms with van der Waals surface area (Å²) >= 11 is 0. The Hall–Kier alpha value is -0.0800. The Balaban J connectivity index is 2.42. The fourth-order valence-electron chi connectivity index (χ4n) is 1.64. The molecule has 2 atom stereocenters. The minimum Gasteiger partial charge on any atom is -0.392 e. The molecule has 1 N–H and O–H groups in total. The zero-order valence-corrected chi connectivity index (χ0v) is 6.88. The van der Waals surface area contributed by atoms with Gasteiger partial charge in [-0.25, -0.2) is 0 Å². The molecule has 1 aliphatic heterocycles. The van der Waals surface area contributed by atoms with E-state index in [1.165, 1.54) is 0 Å². The van der Waals surface area contributed by atoms with Crippen LogP contribution in [0.3, 0.4) is 0 Å². The Morgan fingerprint density at radius 3 is 2.80 bits per heavy atom. The first-order chi connectivity index (χ1) is 4.75. The fourth-order valence-corrected chi connectivity index (χ4v) is 1.64. The van der Waals surface area contributed by atoms with Gasteiger partial charge in [0.05, 0.1) is 6.10 Å². The van der Waals surface area contributed by atoms with E-state index < -0.39 is 0 Å². The molecule has 1 fully saturated rings. The number of hydrogen-bond donors (Lipinski definition) is 1. The van der Waals surface area contributed by atoms with E-state index in [9.17, 15) is 5.11 Å². The van der Waals surface area contributed by atoms with Crippen LogP contribution in [0.25, 0.3) is 0 Å². The lowest BCUT2D eigenvalue weighted by atomic mass is 10.0. The summed E-state index contributed by atoms with van der Waals surface area (Å²) in [5.74, 6) is 0. The third kappa shape index (κ3) is 1.50. The molecule has 0 bridgehead atoms. The van der Waals surface area contributed by atoms with Gasteiger partial charge >= 0.3 is 0 Å². The van der Waals surface area contributed by atoms with Crippen LogP contribution in [0, 0.1) is 0 Å². The monoisotopic (exact) mass is 143 g/mol. The van der Waals surface area contributed by atoms with E-state index in [-0.39, 0.29) is 6.10 Å². The third-order valence-electron chi connectivity index (χ3n) is 2.48. The number of rotatable bonds is 1. The van der Waals surface area contributed by atoms with Crippen LogP contribution in [0.2, 0.25) is 0 Å². The normalized spacial score (nSPS) is 36.3. The van der Waals surface area contributed by atoms with Crippen LogP contribution < -0.4 is 0 Å². The molecule has 0 aromatic heterocycles. The summed E-state index contributed by atoms with van der Waals surface area (Å²) in [6.45, 7) is 6.48. The molecule has 0 radical (unpaired) electrons. The number of piperidine rings is 1. The maximum absolute atomic E-state index is 9.44. The van der Waals surface area contributed by atoms with Gasteiger partial charge in [-0.05, 0) is 32.9 Å². The lowest BCUT2D eigenvalue weighted by molar-refractivity contribution is 0.0230. The van der Waals surface area contributed by atoms with Gasteiger partial charge < -0.3 is 5.11 Å². The lowest BCUT2D eigenvalue weighted by Gasteiger charge is -2.35. The number of aliphatic hydroxyl groups excluding tert-OH is 1. The molecule has 1 rings (SSSR count). The van der Waals surface area contributed by atoms with Gasteiger partial charge in [0, 0.05) is 6.04 Å². The van der Waals surface area contributed by atoms with E-state index in [0.717, 1.165) is 25.9 Å². The number of hydrogen-bond acceptors (Lipinski definition) is 2. The minimum absolute atomic E-state index is 0.0892. The Morgan fingerprint density at radius 1 is 1.60 bits per heavy atom. The highest BCUT2D eigenvalue weighted by Gasteiger charge is 2.24. The second-order valence-corrected chi connectivity index (χ2v) is 3.08. The van der Waals surface area contributed by atoms with Gasteiger partial charge in [0.2, 0.25) is 0 Å². The number of likely N-dealkylation sites (tertiary alicyclic amines) is 1. The van der Waals surface area contributed by atoms with Crippen molar-refractivity contribution in [3.05, 3.63) is 0 Å². The quantitative estimate of drug-likeness (QED) is 0.588. The maximum Gasteiger partial charge on any atom is 0.0693 e. The van der Waals surface area contributed by atoms with Crippen molar-refractivity contribution in [3.8, 4) is 0 Å². The Labute approximate surface area is 62.8 Å². The summed E-state index contributed by atoms with van der Waals surface area (Å²) in [7, 11) is 0. The van der Waals surface area contributed by atoms with E-state index in [1.54, 1.807) is 0 Å². The smallest absolute Gasteiger partial charge is 0.0693 e. The number of nitrogens with zero attached hydrogens (tertiary/aromatic N) is 1. The van der Waals surface area contributed by atoms with E-state index in [1.807, 2.05) is 0 Å². The highest BCUT2D eigenvalue weighted by Crippen LogP contribution is 2.15. The van der Waals surface area contributed by atoms with Crippen LogP contribution >= 0.6 is 0 Å². The van der Waals surface area contributed by atoms with Crippen molar-refractivity contribution >= 4 is 0 Å². The van der Waals surface area contributed by atoms with Crippen molar-refractivity contribution in [1.29, 1.82) is 0 Å². The van der Waals surface area contributed by atoms with Crippen LogP contribution in [0.4, 0.5) is 0 Å². The summed E-state index contributed by atoms with van der Waals surface area (Å²) in [5.41, 5.74) is 0. The van der Waals surface area contributed by atoms with Crippen molar-refractivity contribution in [2.45, 2.75) is 38.8 Å². The van der Waals surface area contributed by atoms with Crippen molar-refractivity contribution in [3.63, 3.8) is 0 Å². The molecule has 0 spiro atoms. The van der Waals surface area contributed by atoms with Gasteiger partial charge in [-0.15, -0.1) is 0 Å². The summed E-state index contributed by atoms with van der Waals surface area (Å²) in [6, 6.07) is 0.374.